The van der Waals surface area contributed by atoms with Crippen molar-refractivity contribution in [3.05, 3.63) is 72.1 Å². The molecule has 8 nitrogen and oxygen atoms in total. The number of nitrogens with zero attached hydrogens (tertiary/aromatic N) is 2. The van der Waals surface area contributed by atoms with E-state index in [4.69, 9.17) is 4.74 Å². The summed E-state index contributed by atoms with van der Waals surface area (Å²) in [5, 5.41) is 10.7. The van der Waals surface area contributed by atoms with Crippen LogP contribution in [0.4, 0.5) is 10.1 Å². The lowest BCUT2D eigenvalue weighted by molar-refractivity contribution is -0.297. The van der Waals surface area contributed by atoms with E-state index in [1.54, 1.807) is 24.3 Å². The number of rotatable bonds is 8. The van der Waals surface area contributed by atoms with Crippen molar-refractivity contribution in [2.75, 3.05) is 18.6 Å². The number of anilines is 1. The predicted octanol–water partition coefficient (Wildman–Crippen LogP) is 0.844. The molecule has 2 aromatic rings. The Morgan fingerprint density at radius 2 is 1.78 bits per heavy atom. The van der Waals surface area contributed by atoms with Crippen LogP contribution in [0.2, 0.25) is 0 Å². The SMILES string of the molecule is COc1ccc(CCN(C(=O)/C=C/C(=O)[O-])[C@@H]2CC(=O)N(c3ccc(F)cc3)C2=O)cc1. The Kier molecular flexibility index (Phi) is 6.99. The quantitative estimate of drug-likeness (QED) is 0.446. The molecule has 0 aromatic heterocycles. The van der Waals surface area contributed by atoms with Crippen LogP contribution in [0.5, 0.6) is 5.75 Å². The maximum absolute atomic E-state index is 13.2. The Morgan fingerprint density at radius 3 is 2.38 bits per heavy atom. The first-order chi connectivity index (χ1) is 15.3. The molecule has 3 amide bonds. The molecule has 32 heavy (non-hydrogen) atoms. The van der Waals surface area contributed by atoms with Crippen LogP contribution in [0.1, 0.15) is 12.0 Å². The average molecular weight is 439 g/mol. The molecule has 0 N–H and O–H groups in total. The van der Waals surface area contributed by atoms with Crippen LogP contribution in [0.25, 0.3) is 0 Å². The molecular weight excluding hydrogens is 419 g/mol. The first kappa shape index (κ1) is 22.7. The van der Waals surface area contributed by atoms with Gasteiger partial charge in [0.2, 0.25) is 11.8 Å². The monoisotopic (exact) mass is 439 g/mol. The number of hydrogen-bond acceptors (Lipinski definition) is 6. The van der Waals surface area contributed by atoms with Crippen molar-refractivity contribution >= 4 is 29.4 Å². The van der Waals surface area contributed by atoms with Crippen molar-refractivity contribution in [3.63, 3.8) is 0 Å². The number of amides is 3. The zero-order chi connectivity index (χ0) is 23.3. The zero-order valence-electron chi connectivity index (χ0n) is 17.2. The average Bonchev–Trinajstić information content (AvgIpc) is 3.07. The number of ether oxygens (including phenoxy) is 1. The largest absolute Gasteiger partial charge is 0.545 e. The summed E-state index contributed by atoms with van der Waals surface area (Å²) in [5.41, 5.74) is 1.04. The second-order valence-electron chi connectivity index (χ2n) is 7.05. The lowest BCUT2D eigenvalue weighted by Gasteiger charge is -2.26. The second kappa shape index (κ2) is 9.86. The highest BCUT2D eigenvalue weighted by Crippen LogP contribution is 2.26. The minimum Gasteiger partial charge on any atom is -0.545 e. The van der Waals surface area contributed by atoms with E-state index in [0.29, 0.717) is 18.2 Å². The van der Waals surface area contributed by atoms with Crippen molar-refractivity contribution < 1.29 is 33.4 Å². The molecule has 3 rings (SSSR count). The lowest BCUT2D eigenvalue weighted by atomic mass is 10.1. The van der Waals surface area contributed by atoms with E-state index in [0.717, 1.165) is 33.6 Å². The van der Waals surface area contributed by atoms with Crippen molar-refractivity contribution in [2.24, 2.45) is 0 Å². The number of carboxylic acids is 1. The molecule has 2 aromatic carbocycles. The fraction of sp³-hybridized carbons (Fsp3) is 0.217. The number of hydrogen-bond donors (Lipinski definition) is 0. The summed E-state index contributed by atoms with van der Waals surface area (Å²) in [6, 6.07) is 10.8. The third kappa shape index (κ3) is 5.18. The van der Waals surface area contributed by atoms with Gasteiger partial charge in [-0.1, -0.05) is 12.1 Å². The zero-order valence-corrected chi connectivity index (χ0v) is 17.2. The molecule has 166 valence electrons. The van der Waals surface area contributed by atoms with E-state index in [1.165, 1.54) is 19.2 Å². The van der Waals surface area contributed by atoms with E-state index < -0.39 is 35.5 Å². The fourth-order valence-corrected chi connectivity index (χ4v) is 3.42. The highest BCUT2D eigenvalue weighted by Gasteiger charge is 2.43. The van der Waals surface area contributed by atoms with E-state index in [-0.39, 0.29) is 18.7 Å². The van der Waals surface area contributed by atoms with Gasteiger partial charge in [-0.3, -0.25) is 14.4 Å². The van der Waals surface area contributed by atoms with Crippen molar-refractivity contribution in [1.29, 1.82) is 0 Å². The van der Waals surface area contributed by atoms with Crippen LogP contribution in [0.15, 0.2) is 60.7 Å². The third-order valence-corrected chi connectivity index (χ3v) is 5.03. The maximum Gasteiger partial charge on any atom is 0.257 e. The summed E-state index contributed by atoms with van der Waals surface area (Å²) in [6.45, 7) is 0.0590. The highest BCUT2D eigenvalue weighted by atomic mass is 19.1. The number of carbonyl (C=O) groups excluding carboxylic acids is 4. The van der Waals surface area contributed by atoms with Crippen molar-refractivity contribution in [3.8, 4) is 5.75 Å². The molecule has 0 saturated carbocycles. The van der Waals surface area contributed by atoms with Gasteiger partial charge in [-0.25, -0.2) is 9.29 Å². The number of methoxy groups -OCH3 is 1. The first-order valence-corrected chi connectivity index (χ1v) is 9.75. The smallest absolute Gasteiger partial charge is 0.257 e. The minimum atomic E-state index is -1.56. The number of imide groups is 1. The Bertz CT molecular complexity index is 1050. The van der Waals surface area contributed by atoms with Crippen molar-refractivity contribution in [2.45, 2.75) is 18.9 Å². The topological polar surface area (TPSA) is 107 Å². The number of halogens is 1. The van der Waals surface area contributed by atoms with Gasteiger partial charge in [0.15, 0.2) is 0 Å². The molecule has 9 heteroatoms. The predicted molar refractivity (Wildman–Crippen MR) is 110 cm³/mol. The van der Waals surface area contributed by atoms with Gasteiger partial charge in [0.25, 0.3) is 5.91 Å². The van der Waals surface area contributed by atoms with Gasteiger partial charge in [0, 0.05) is 12.6 Å². The summed E-state index contributed by atoms with van der Waals surface area (Å²) >= 11 is 0. The molecule has 1 heterocycles. The Labute approximate surface area is 183 Å². The Hall–Kier alpha value is -4.01. The molecule has 1 aliphatic rings. The van der Waals surface area contributed by atoms with Crippen LogP contribution in [0.3, 0.4) is 0 Å². The number of carboxylic acid groups (broad SMARTS) is 1. The van der Waals surface area contributed by atoms with Crippen LogP contribution in [-0.2, 0) is 25.6 Å². The molecule has 0 unspecified atom stereocenters. The molecule has 1 saturated heterocycles. The molecule has 0 radical (unpaired) electrons. The first-order valence-electron chi connectivity index (χ1n) is 9.75. The Morgan fingerprint density at radius 1 is 1.12 bits per heavy atom. The molecule has 0 aliphatic carbocycles. The number of aliphatic carboxylic acids is 1. The third-order valence-electron chi connectivity index (χ3n) is 5.03. The normalized spacial score (nSPS) is 15.9. The molecule has 0 spiro atoms. The Balaban J connectivity index is 1.83. The summed E-state index contributed by atoms with van der Waals surface area (Å²) in [6.07, 6.45) is 1.44. The van der Waals surface area contributed by atoms with E-state index in [1.807, 2.05) is 0 Å². The van der Waals surface area contributed by atoms with Crippen LogP contribution in [0, 0.1) is 5.82 Å². The molecule has 1 fully saturated rings. The number of benzene rings is 2. The lowest BCUT2D eigenvalue weighted by Crippen LogP contribution is -2.46. The summed E-state index contributed by atoms with van der Waals surface area (Å²) < 4.78 is 18.3. The standard InChI is InChI=1S/C23H21FN2O6/c1-32-18-8-2-15(3-9-18)12-13-25(20(27)10-11-22(29)30)19-14-21(28)26(23(19)31)17-6-4-16(24)5-7-17/h2-11,19H,12-14H2,1H3,(H,29,30)/p-1/b11-10+/t19-/m1/s1. The van der Waals surface area contributed by atoms with E-state index in [9.17, 15) is 28.7 Å². The summed E-state index contributed by atoms with van der Waals surface area (Å²) in [4.78, 5) is 51.1. The van der Waals surface area contributed by atoms with Gasteiger partial charge in [0.05, 0.1) is 25.2 Å². The van der Waals surface area contributed by atoms with Crippen molar-refractivity contribution in [1.82, 2.24) is 4.90 Å². The highest BCUT2D eigenvalue weighted by molar-refractivity contribution is 6.23. The van der Waals surface area contributed by atoms with Crippen LogP contribution >= 0.6 is 0 Å². The van der Waals surface area contributed by atoms with Gasteiger partial charge in [0.1, 0.15) is 17.6 Å². The fourth-order valence-electron chi connectivity index (χ4n) is 3.42. The van der Waals surface area contributed by atoms with Gasteiger partial charge in [-0.15, -0.1) is 0 Å². The molecule has 1 atom stereocenters. The van der Waals surface area contributed by atoms with Gasteiger partial charge >= 0.3 is 0 Å². The minimum absolute atomic E-state index is 0.0590. The maximum atomic E-state index is 13.2. The van der Waals surface area contributed by atoms with Crippen LogP contribution < -0.4 is 14.7 Å². The van der Waals surface area contributed by atoms with Gasteiger partial charge in [-0.2, -0.15) is 0 Å². The van der Waals surface area contributed by atoms with E-state index in [2.05, 4.69) is 0 Å². The van der Waals surface area contributed by atoms with Crippen LogP contribution in [-0.4, -0.2) is 48.3 Å². The second-order valence-corrected chi connectivity index (χ2v) is 7.05. The van der Waals surface area contributed by atoms with Gasteiger partial charge < -0.3 is 19.5 Å². The molecule has 0 bridgehead atoms. The molecule has 1 aliphatic heterocycles. The van der Waals surface area contributed by atoms with Gasteiger partial charge in [-0.05, 0) is 54.5 Å². The summed E-state index contributed by atoms with van der Waals surface area (Å²) in [7, 11) is 1.54. The summed E-state index contributed by atoms with van der Waals surface area (Å²) in [5.74, 6) is -3.35. The number of carbonyl (C=O) groups is 4. The van der Waals surface area contributed by atoms with E-state index >= 15 is 0 Å². The molecular formula is C23H20FN2O6-.